The molecule has 0 bridgehead atoms. The van der Waals surface area contributed by atoms with Gasteiger partial charge in [-0.25, -0.2) is 9.79 Å². The first-order chi connectivity index (χ1) is 19.3. The molecule has 0 fully saturated rings. The maximum Gasteiger partial charge on any atom is 0.338 e. The summed E-state index contributed by atoms with van der Waals surface area (Å²) in [5.41, 5.74) is 2.72. The average molecular weight is 638 g/mol. The Bertz CT molecular complexity index is 1780. The summed E-state index contributed by atoms with van der Waals surface area (Å²) in [6.45, 7) is 5.84. The second-order valence-corrected chi connectivity index (χ2v) is 11.7. The Morgan fingerprint density at radius 1 is 1.12 bits per heavy atom. The highest BCUT2D eigenvalue weighted by Gasteiger charge is 2.35. The normalized spacial score (nSPS) is 15.2. The molecule has 0 saturated carbocycles. The summed E-state index contributed by atoms with van der Waals surface area (Å²) >= 11 is 11.0. The number of esters is 1. The number of thiazole rings is 1. The van der Waals surface area contributed by atoms with Crippen molar-refractivity contribution in [1.82, 2.24) is 4.57 Å². The van der Waals surface area contributed by atoms with E-state index in [9.17, 15) is 9.59 Å². The van der Waals surface area contributed by atoms with Crippen LogP contribution in [0.1, 0.15) is 43.5 Å². The lowest BCUT2D eigenvalue weighted by Gasteiger charge is -2.26. The molecule has 6 nitrogen and oxygen atoms in total. The molecule has 2 heterocycles. The molecule has 1 atom stereocenters. The van der Waals surface area contributed by atoms with Crippen LogP contribution in [-0.2, 0) is 9.53 Å². The lowest BCUT2D eigenvalue weighted by molar-refractivity contribution is -0.138. The lowest BCUT2D eigenvalue weighted by atomic mass is 9.93. The molecule has 0 spiro atoms. The van der Waals surface area contributed by atoms with Crippen molar-refractivity contribution in [3.63, 3.8) is 0 Å². The van der Waals surface area contributed by atoms with Crippen molar-refractivity contribution in [3.05, 3.63) is 124 Å². The average Bonchev–Trinajstić information content (AvgIpc) is 3.24. The van der Waals surface area contributed by atoms with E-state index in [4.69, 9.17) is 26.1 Å². The lowest BCUT2D eigenvalue weighted by Crippen LogP contribution is -2.40. The van der Waals surface area contributed by atoms with Gasteiger partial charge in [0.25, 0.3) is 5.56 Å². The van der Waals surface area contributed by atoms with Crippen molar-refractivity contribution in [2.75, 3.05) is 6.61 Å². The second-order valence-electron chi connectivity index (χ2n) is 9.33. The van der Waals surface area contributed by atoms with Crippen LogP contribution in [0.15, 0.2) is 92.6 Å². The highest BCUT2D eigenvalue weighted by molar-refractivity contribution is 9.10. The third kappa shape index (κ3) is 5.70. The van der Waals surface area contributed by atoms with Gasteiger partial charge in [-0.2, -0.15) is 0 Å². The maximum absolute atomic E-state index is 14.1. The number of carbonyl (C=O) groups excluding carboxylic acids is 1. The molecule has 40 heavy (non-hydrogen) atoms. The first-order valence-electron chi connectivity index (χ1n) is 12.8. The SMILES string of the molecule is CCOC(=O)C1=C(c2ccccc2)N=c2s/c(=C/c3cc(Br)ccc3OC(C)C)c(=O)n2[C@H]1c1ccc(Cl)cc1. The van der Waals surface area contributed by atoms with E-state index in [1.165, 1.54) is 11.3 Å². The van der Waals surface area contributed by atoms with Gasteiger partial charge in [0, 0.05) is 20.6 Å². The standard InChI is InChI=1S/C31H26BrClN2O4S/c1-4-38-30(37)26-27(19-8-6-5-7-9-19)34-31-35(28(26)20-10-13-23(33)14-11-20)29(36)25(40-31)17-21-16-22(32)12-15-24(21)39-18(2)3/h5-18,28H,4H2,1-3H3/b25-17+/t28-/m0/s1. The summed E-state index contributed by atoms with van der Waals surface area (Å²) < 4.78 is 14.4. The van der Waals surface area contributed by atoms with Crippen molar-refractivity contribution in [1.29, 1.82) is 0 Å². The minimum atomic E-state index is -0.765. The zero-order valence-corrected chi connectivity index (χ0v) is 25.2. The minimum Gasteiger partial charge on any atom is -0.490 e. The number of halogens is 2. The first-order valence-corrected chi connectivity index (χ1v) is 14.8. The van der Waals surface area contributed by atoms with Crippen molar-refractivity contribution in [2.45, 2.75) is 32.9 Å². The third-order valence-electron chi connectivity index (χ3n) is 6.18. The van der Waals surface area contributed by atoms with Crippen LogP contribution >= 0.6 is 38.9 Å². The number of hydrogen-bond donors (Lipinski definition) is 0. The van der Waals surface area contributed by atoms with Crippen LogP contribution in [-0.4, -0.2) is 23.2 Å². The zero-order valence-electron chi connectivity index (χ0n) is 22.1. The highest BCUT2D eigenvalue weighted by Crippen LogP contribution is 2.35. The van der Waals surface area contributed by atoms with Crippen LogP contribution in [0.3, 0.4) is 0 Å². The van der Waals surface area contributed by atoms with Gasteiger partial charge in [0.2, 0.25) is 0 Å². The fraction of sp³-hybridized carbons (Fsp3) is 0.194. The molecule has 0 amide bonds. The minimum absolute atomic E-state index is 0.0417. The Hall–Kier alpha value is -3.46. The number of hydrogen-bond acceptors (Lipinski definition) is 6. The van der Waals surface area contributed by atoms with Crippen LogP contribution in [0.5, 0.6) is 5.75 Å². The van der Waals surface area contributed by atoms with Crippen LogP contribution in [0, 0.1) is 0 Å². The molecule has 4 aromatic rings. The number of ether oxygens (including phenoxy) is 2. The van der Waals surface area contributed by atoms with E-state index in [2.05, 4.69) is 15.9 Å². The molecule has 0 aliphatic carbocycles. The number of benzene rings is 3. The molecule has 1 aliphatic rings. The van der Waals surface area contributed by atoms with Crippen molar-refractivity contribution >= 4 is 56.6 Å². The quantitative estimate of drug-likeness (QED) is 0.229. The molecule has 204 valence electrons. The smallest absolute Gasteiger partial charge is 0.338 e. The molecular formula is C31H26BrClN2O4S. The molecular weight excluding hydrogens is 612 g/mol. The second kappa shape index (κ2) is 12.0. The summed E-state index contributed by atoms with van der Waals surface area (Å²) in [7, 11) is 0. The summed E-state index contributed by atoms with van der Waals surface area (Å²) in [4.78, 5) is 33.0. The summed E-state index contributed by atoms with van der Waals surface area (Å²) in [6, 6.07) is 21.5. The summed E-state index contributed by atoms with van der Waals surface area (Å²) in [5, 5.41) is 0.549. The summed E-state index contributed by atoms with van der Waals surface area (Å²) in [6.07, 6.45) is 1.77. The van der Waals surface area contributed by atoms with E-state index >= 15 is 0 Å². The van der Waals surface area contributed by atoms with Gasteiger partial charge in [0.05, 0.1) is 34.6 Å². The Labute approximate surface area is 249 Å². The van der Waals surface area contributed by atoms with E-state index in [-0.39, 0.29) is 18.3 Å². The molecule has 3 aromatic carbocycles. The Kier molecular flexibility index (Phi) is 8.40. The number of rotatable bonds is 7. The molecule has 1 aliphatic heterocycles. The monoisotopic (exact) mass is 636 g/mol. The van der Waals surface area contributed by atoms with Gasteiger partial charge >= 0.3 is 5.97 Å². The van der Waals surface area contributed by atoms with Gasteiger partial charge < -0.3 is 9.47 Å². The number of carbonyl (C=O) groups is 1. The summed E-state index contributed by atoms with van der Waals surface area (Å²) in [5.74, 6) is 0.134. The van der Waals surface area contributed by atoms with Crippen molar-refractivity contribution in [2.24, 2.45) is 4.99 Å². The Morgan fingerprint density at radius 2 is 1.85 bits per heavy atom. The van der Waals surface area contributed by atoms with Crippen LogP contribution < -0.4 is 19.6 Å². The molecule has 0 radical (unpaired) electrons. The van der Waals surface area contributed by atoms with E-state index in [0.717, 1.165) is 21.2 Å². The third-order valence-corrected chi connectivity index (χ3v) is 7.91. The number of nitrogens with zero attached hydrogens (tertiary/aromatic N) is 2. The van der Waals surface area contributed by atoms with E-state index < -0.39 is 12.0 Å². The largest absolute Gasteiger partial charge is 0.490 e. The van der Waals surface area contributed by atoms with Gasteiger partial charge in [0.1, 0.15) is 5.75 Å². The predicted molar refractivity (Wildman–Crippen MR) is 162 cm³/mol. The maximum atomic E-state index is 14.1. The van der Waals surface area contributed by atoms with E-state index in [1.54, 1.807) is 23.6 Å². The molecule has 9 heteroatoms. The van der Waals surface area contributed by atoms with Crippen LogP contribution in [0.25, 0.3) is 11.8 Å². The van der Waals surface area contributed by atoms with Crippen molar-refractivity contribution < 1.29 is 14.3 Å². The fourth-order valence-corrected chi connectivity index (χ4v) is 6.03. The van der Waals surface area contributed by atoms with E-state index in [0.29, 0.717) is 31.4 Å². The molecule has 0 unspecified atom stereocenters. The van der Waals surface area contributed by atoms with Crippen molar-refractivity contribution in [3.8, 4) is 5.75 Å². The highest BCUT2D eigenvalue weighted by atomic mass is 79.9. The van der Waals surface area contributed by atoms with Gasteiger partial charge in [0.15, 0.2) is 4.80 Å². The van der Waals surface area contributed by atoms with Gasteiger partial charge in [-0.15, -0.1) is 0 Å². The fourth-order valence-electron chi connectivity index (χ4n) is 4.54. The molecule has 5 rings (SSSR count). The van der Waals surface area contributed by atoms with Gasteiger partial charge in [-0.05, 0) is 62.7 Å². The number of aromatic nitrogens is 1. The molecule has 0 N–H and O–H groups in total. The van der Waals surface area contributed by atoms with E-state index in [1.807, 2.05) is 80.6 Å². The number of fused-ring (bicyclic) bond motifs is 1. The Morgan fingerprint density at radius 3 is 2.52 bits per heavy atom. The first kappa shape index (κ1) is 28.1. The van der Waals surface area contributed by atoms with Crippen LogP contribution in [0.2, 0.25) is 5.02 Å². The topological polar surface area (TPSA) is 69.9 Å². The molecule has 0 saturated heterocycles. The molecule has 1 aromatic heterocycles. The van der Waals surface area contributed by atoms with Gasteiger partial charge in [-0.3, -0.25) is 9.36 Å². The predicted octanol–water partition coefficient (Wildman–Crippen LogP) is 6.14. The van der Waals surface area contributed by atoms with Gasteiger partial charge in [-0.1, -0.05) is 81.3 Å². The van der Waals surface area contributed by atoms with Crippen LogP contribution in [0.4, 0.5) is 0 Å². The Balaban J connectivity index is 1.81. The zero-order chi connectivity index (χ0) is 28.4.